The van der Waals surface area contributed by atoms with Gasteiger partial charge in [-0.25, -0.2) is 0 Å². The van der Waals surface area contributed by atoms with Crippen LogP contribution in [0.4, 0.5) is 11.4 Å². The first-order valence-corrected chi connectivity index (χ1v) is 15.0. The van der Waals surface area contributed by atoms with Gasteiger partial charge in [-0.1, -0.05) is 99.7 Å². The van der Waals surface area contributed by atoms with Crippen molar-refractivity contribution in [1.82, 2.24) is 4.57 Å². The molecule has 0 amide bonds. The van der Waals surface area contributed by atoms with Crippen molar-refractivity contribution in [2.45, 2.75) is 38.5 Å². The molecule has 6 aromatic rings. The lowest BCUT2D eigenvalue weighted by Crippen LogP contribution is -2.15. The number of anilines is 2. The second-order valence-electron chi connectivity index (χ2n) is 12.4. The van der Waals surface area contributed by atoms with Gasteiger partial charge in [-0.05, 0) is 88.3 Å². The molecule has 1 aromatic heterocycles. The molecular formula is C40H34N2. The van der Waals surface area contributed by atoms with E-state index in [2.05, 4.69) is 158 Å². The van der Waals surface area contributed by atoms with Gasteiger partial charge in [-0.15, -0.1) is 0 Å². The van der Waals surface area contributed by atoms with Crippen LogP contribution in [0.25, 0.3) is 44.9 Å². The Balaban J connectivity index is 1.12. The summed E-state index contributed by atoms with van der Waals surface area (Å²) in [5.74, 6) is 0.477. The number of benzene rings is 5. The Kier molecular flexibility index (Phi) is 5.55. The molecule has 0 fully saturated rings. The maximum atomic E-state index is 3.66. The molecule has 0 bridgehead atoms. The molecule has 1 unspecified atom stereocenters. The Hall–Kier alpha value is -4.82. The van der Waals surface area contributed by atoms with Crippen molar-refractivity contribution in [3.63, 3.8) is 0 Å². The molecule has 0 aliphatic heterocycles. The molecule has 0 saturated carbocycles. The third-order valence-electron chi connectivity index (χ3n) is 9.39. The fraction of sp³-hybridized carbons (Fsp3) is 0.150. The average molecular weight is 543 g/mol. The molecule has 2 nitrogen and oxygen atoms in total. The maximum Gasteiger partial charge on any atom is 0.0538 e. The van der Waals surface area contributed by atoms with Crippen LogP contribution in [0.5, 0.6) is 0 Å². The highest BCUT2D eigenvalue weighted by atomic mass is 15.0. The summed E-state index contributed by atoms with van der Waals surface area (Å²) in [6, 6.07) is 42.2. The van der Waals surface area contributed by atoms with Gasteiger partial charge >= 0.3 is 0 Å². The van der Waals surface area contributed by atoms with E-state index in [1.54, 1.807) is 0 Å². The highest BCUT2D eigenvalue weighted by molar-refractivity contribution is 5.96. The van der Waals surface area contributed by atoms with E-state index in [9.17, 15) is 0 Å². The zero-order valence-electron chi connectivity index (χ0n) is 24.4. The quantitative estimate of drug-likeness (QED) is 0.234. The fourth-order valence-electron chi connectivity index (χ4n) is 7.23. The number of nitrogens with zero attached hydrogens (tertiary/aromatic N) is 1. The molecule has 0 saturated heterocycles. The molecule has 5 aromatic carbocycles. The predicted octanol–water partition coefficient (Wildman–Crippen LogP) is 10.9. The third kappa shape index (κ3) is 3.79. The van der Waals surface area contributed by atoms with E-state index in [1.807, 2.05) is 0 Å². The Labute approximate surface area is 248 Å². The Morgan fingerprint density at radius 2 is 1.40 bits per heavy atom. The number of hydrogen-bond donors (Lipinski definition) is 1. The molecule has 204 valence electrons. The highest BCUT2D eigenvalue weighted by Gasteiger charge is 2.35. The Morgan fingerprint density at radius 3 is 2.24 bits per heavy atom. The molecule has 2 aliphatic carbocycles. The first-order chi connectivity index (χ1) is 20.5. The molecule has 42 heavy (non-hydrogen) atoms. The number of rotatable bonds is 4. The lowest BCUT2D eigenvalue weighted by Gasteiger charge is -2.22. The summed E-state index contributed by atoms with van der Waals surface area (Å²) in [4.78, 5) is 0. The molecular weight excluding hydrogens is 508 g/mol. The fourth-order valence-corrected chi connectivity index (χ4v) is 7.23. The van der Waals surface area contributed by atoms with E-state index in [0.717, 1.165) is 17.8 Å². The Bertz CT molecular complexity index is 2010. The van der Waals surface area contributed by atoms with Gasteiger partial charge in [0.15, 0.2) is 0 Å². The largest absolute Gasteiger partial charge is 0.356 e. The van der Waals surface area contributed by atoms with Crippen molar-refractivity contribution in [2.24, 2.45) is 0 Å². The maximum absolute atomic E-state index is 3.66. The minimum absolute atomic E-state index is 0.00223. The summed E-state index contributed by atoms with van der Waals surface area (Å²) in [7, 11) is 0. The molecule has 1 N–H and O–H groups in total. The summed E-state index contributed by atoms with van der Waals surface area (Å²) >= 11 is 0. The molecule has 0 spiro atoms. The van der Waals surface area contributed by atoms with Crippen LogP contribution in [0.1, 0.15) is 55.5 Å². The second kappa shape index (κ2) is 9.36. The molecule has 0 radical (unpaired) electrons. The number of allylic oxidation sites excluding steroid dienone is 1. The van der Waals surface area contributed by atoms with E-state index in [4.69, 9.17) is 0 Å². The van der Waals surface area contributed by atoms with E-state index in [1.165, 1.54) is 61.2 Å². The van der Waals surface area contributed by atoms with E-state index in [0.29, 0.717) is 5.92 Å². The predicted molar refractivity (Wildman–Crippen MR) is 178 cm³/mol. The summed E-state index contributed by atoms with van der Waals surface area (Å²) in [5.41, 5.74) is 15.4. The third-order valence-corrected chi connectivity index (χ3v) is 9.39. The van der Waals surface area contributed by atoms with Crippen molar-refractivity contribution >= 4 is 28.4 Å². The lowest BCUT2D eigenvalue weighted by atomic mass is 9.82. The van der Waals surface area contributed by atoms with Crippen LogP contribution in [0, 0.1) is 0 Å². The molecule has 8 rings (SSSR count). The van der Waals surface area contributed by atoms with E-state index >= 15 is 0 Å². The second-order valence-corrected chi connectivity index (χ2v) is 12.4. The Morgan fingerprint density at radius 1 is 0.690 bits per heavy atom. The molecule has 1 atom stereocenters. The summed E-state index contributed by atoms with van der Waals surface area (Å²) < 4.78 is 2.46. The van der Waals surface area contributed by atoms with Crippen molar-refractivity contribution in [1.29, 1.82) is 0 Å². The lowest BCUT2D eigenvalue weighted by molar-refractivity contribution is 0.660. The number of hydrogen-bond acceptors (Lipinski definition) is 1. The molecule has 2 heteroatoms. The van der Waals surface area contributed by atoms with Gasteiger partial charge in [0.2, 0.25) is 0 Å². The summed E-state index contributed by atoms with van der Waals surface area (Å²) in [6.45, 7) is 7.00. The van der Waals surface area contributed by atoms with Crippen LogP contribution in [0.3, 0.4) is 0 Å². The van der Waals surface area contributed by atoms with Gasteiger partial charge in [0, 0.05) is 45.0 Å². The van der Waals surface area contributed by atoms with Crippen LogP contribution >= 0.6 is 0 Å². The SMILES string of the molecule is CC1CC=Cc2c1n(-c1ccccc1)c1ccc(-c3ccc(Nc4ccc5c(c4)C(C)(C)c4ccccc4-5)cc3)cc21. The van der Waals surface area contributed by atoms with Crippen molar-refractivity contribution in [3.8, 4) is 27.9 Å². The first-order valence-electron chi connectivity index (χ1n) is 15.0. The van der Waals surface area contributed by atoms with Crippen LogP contribution in [0.15, 0.2) is 121 Å². The van der Waals surface area contributed by atoms with E-state index in [-0.39, 0.29) is 5.41 Å². The monoisotopic (exact) mass is 542 g/mol. The van der Waals surface area contributed by atoms with Crippen molar-refractivity contribution in [3.05, 3.63) is 144 Å². The summed E-state index contributed by atoms with van der Waals surface area (Å²) in [6.07, 6.45) is 5.73. The number of fused-ring (bicyclic) bond motifs is 6. The van der Waals surface area contributed by atoms with Gasteiger partial charge in [0.1, 0.15) is 0 Å². The number of para-hydroxylation sites is 1. The van der Waals surface area contributed by atoms with Gasteiger partial charge in [0.25, 0.3) is 0 Å². The topological polar surface area (TPSA) is 17.0 Å². The minimum atomic E-state index is -0.00223. The van der Waals surface area contributed by atoms with Gasteiger partial charge < -0.3 is 9.88 Å². The van der Waals surface area contributed by atoms with Crippen LogP contribution in [-0.2, 0) is 5.41 Å². The van der Waals surface area contributed by atoms with E-state index < -0.39 is 0 Å². The van der Waals surface area contributed by atoms with Crippen molar-refractivity contribution < 1.29 is 0 Å². The highest BCUT2D eigenvalue weighted by Crippen LogP contribution is 2.49. The first kappa shape index (κ1) is 24.9. The average Bonchev–Trinajstić information content (AvgIpc) is 3.48. The normalized spacial score (nSPS) is 16.2. The molecule has 1 heterocycles. The van der Waals surface area contributed by atoms with Crippen molar-refractivity contribution in [2.75, 3.05) is 5.32 Å². The minimum Gasteiger partial charge on any atom is -0.356 e. The van der Waals surface area contributed by atoms with Gasteiger partial charge in [-0.3, -0.25) is 0 Å². The van der Waals surface area contributed by atoms with Crippen LogP contribution in [0.2, 0.25) is 0 Å². The zero-order chi connectivity index (χ0) is 28.4. The number of aromatic nitrogens is 1. The zero-order valence-corrected chi connectivity index (χ0v) is 24.4. The standard InChI is InChI=1S/C40H34N2/c1-26-10-9-14-34-35-24-28(18-23-38(35)42(39(26)34)31-11-5-4-6-12-31)27-16-19-29(20-17-27)41-30-21-22-33-32-13-7-8-15-36(32)40(2,3)37(33)25-30/h4-9,11-26,41H,10H2,1-3H3. The van der Waals surface area contributed by atoms with Gasteiger partial charge in [-0.2, -0.15) is 0 Å². The number of nitrogens with one attached hydrogen (secondary N) is 1. The summed E-state index contributed by atoms with van der Waals surface area (Å²) in [5, 5.41) is 4.98. The van der Waals surface area contributed by atoms with Crippen LogP contribution in [-0.4, -0.2) is 4.57 Å². The van der Waals surface area contributed by atoms with Gasteiger partial charge in [0.05, 0.1) is 5.52 Å². The smallest absolute Gasteiger partial charge is 0.0538 e. The molecule has 2 aliphatic rings. The van der Waals surface area contributed by atoms with Crippen LogP contribution < -0.4 is 5.32 Å².